The zero-order chi connectivity index (χ0) is 15.5. The lowest BCUT2D eigenvalue weighted by Crippen LogP contribution is -2.36. The Hall–Kier alpha value is -1.60. The standard InChI is InChI=1S/C13H19NO5S/c1-8(2)9(3)14-20(17,18)10-5-6-12(15)11(7-10)13(16)19-4/h5-9,14-15H,1-4H3. The van der Waals surface area contributed by atoms with Gasteiger partial charge in [-0.15, -0.1) is 0 Å². The van der Waals surface area contributed by atoms with Gasteiger partial charge in [0, 0.05) is 6.04 Å². The van der Waals surface area contributed by atoms with E-state index in [0.29, 0.717) is 0 Å². The van der Waals surface area contributed by atoms with Gasteiger partial charge < -0.3 is 9.84 Å². The second-order valence-corrected chi connectivity index (χ2v) is 6.54. The minimum absolute atomic E-state index is 0.0943. The van der Waals surface area contributed by atoms with Gasteiger partial charge in [-0.3, -0.25) is 0 Å². The topological polar surface area (TPSA) is 92.7 Å². The number of nitrogens with one attached hydrogen (secondary N) is 1. The maximum atomic E-state index is 12.2. The molecule has 1 atom stereocenters. The third kappa shape index (κ3) is 3.71. The second kappa shape index (κ2) is 6.23. The van der Waals surface area contributed by atoms with E-state index in [0.717, 1.165) is 19.2 Å². The zero-order valence-corrected chi connectivity index (χ0v) is 12.7. The van der Waals surface area contributed by atoms with Crippen LogP contribution in [0.3, 0.4) is 0 Å². The first kappa shape index (κ1) is 16.5. The van der Waals surface area contributed by atoms with Crippen LogP contribution < -0.4 is 4.72 Å². The molecule has 0 fully saturated rings. The lowest BCUT2D eigenvalue weighted by atomic mass is 10.1. The van der Waals surface area contributed by atoms with Crippen molar-refractivity contribution in [2.75, 3.05) is 7.11 Å². The first-order valence-corrected chi connectivity index (χ1v) is 7.61. The number of ether oxygens (including phenoxy) is 1. The van der Waals surface area contributed by atoms with Crippen molar-refractivity contribution < 1.29 is 23.1 Å². The van der Waals surface area contributed by atoms with Crippen LogP contribution in [-0.2, 0) is 14.8 Å². The predicted octanol–water partition coefficient (Wildman–Crippen LogP) is 1.50. The molecule has 1 unspecified atom stereocenters. The molecule has 0 amide bonds. The smallest absolute Gasteiger partial charge is 0.341 e. The number of carbonyl (C=O) groups excluding carboxylic acids is 1. The van der Waals surface area contributed by atoms with Crippen LogP contribution in [-0.4, -0.2) is 32.6 Å². The third-order valence-corrected chi connectivity index (χ3v) is 4.58. The number of rotatable bonds is 5. The molecule has 0 saturated carbocycles. The molecule has 0 aliphatic carbocycles. The van der Waals surface area contributed by atoms with E-state index >= 15 is 0 Å². The highest BCUT2D eigenvalue weighted by atomic mass is 32.2. The molecule has 0 aliphatic heterocycles. The van der Waals surface area contributed by atoms with Crippen LogP contribution in [0.2, 0.25) is 0 Å². The van der Waals surface area contributed by atoms with Gasteiger partial charge in [-0.2, -0.15) is 0 Å². The van der Waals surface area contributed by atoms with Gasteiger partial charge in [0.2, 0.25) is 10.0 Å². The number of phenols is 1. The highest BCUT2D eigenvalue weighted by molar-refractivity contribution is 7.89. The number of phenolic OH excluding ortho intramolecular Hbond substituents is 1. The summed E-state index contributed by atoms with van der Waals surface area (Å²) in [7, 11) is -2.60. The molecule has 2 N–H and O–H groups in total. The van der Waals surface area contributed by atoms with Crippen molar-refractivity contribution >= 4 is 16.0 Å². The van der Waals surface area contributed by atoms with Crippen molar-refractivity contribution in [3.8, 4) is 5.75 Å². The summed E-state index contributed by atoms with van der Waals surface area (Å²) in [5, 5.41) is 9.56. The molecule has 20 heavy (non-hydrogen) atoms. The van der Waals surface area contributed by atoms with Crippen molar-refractivity contribution in [1.82, 2.24) is 4.72 Å². The van der Waals surface area contributed by atoms with Gasteiger partial charge in [-0.05, 0) is 31.0 Å². The molecule has 0 radical (unpaired) electrons. The summed E-state index contributed by atoms with van der Waals surface area (Å²) >= 11 is 0. The predicted molar refractivity (Wildman–Crippen MR) is 74.1 cm³/mol. The van der Waals surface area contributed by atoms with E-state index < -0.39 is 16.0 Å². The van der Waals surface area contributed by atoms with Gasteiger partial charge in [0.05, 0.1) is 12.0 Å². The summed E-state index contributed by atoms with van der Waals surface area (Å²) in [6.45, 7) is 5.54. The monoisotopic (exact) mass is 301 g/mol. The number of carbonyl (C=O) groups is 1. The van der Waals surface area contributed by atoms with Crippen LogP contribution in [0.4, 0.5) is 0 Å². The van der Waals surface area contributed by atoms with Gasteiger partial charge in [0.1, 0.15) is 11.3 Å². The first-order chi connectivity index (χ1) is 9.19. The van der Waals surface area contributed by atoms with Crippen molar-refractivity contribution in [2.45, 2.75) is 31.7 Å². The molecule has 0 aromatic heterocycles. The molecule has 1 aromatic carbocycles. The van der Waals surface area contributed by atoms with Crippen molar-refractivity contribution in [2.24, 2.45) is 5.92 Å². The number of methoxy groups -OCH3 is 1. The molecule has 6 nitrogen and oxygen atoms in total. The van der Waals surface area contributed by atoms with E-state index in [-0.39, 0.29) is 28.2 Å². The normalized spacial score (nSPS) is 13.2. The molecule has 0 heterocycles. The van der Waals surface area contributed by atoms with Crippen molar-refractivity contribution in [1.29, 1.82) is 0 Å². The van der Waals surface area contributed by atoms with Crippen LogP contribution in [0.1, 0.15) is 31.1 Å². The highest BCUT2D eigenvalue weighted by Gasteiger charge is 2.22. The Morgan fingerprint density at radius 3 is 2.40 bits per heavy atom. The molecular formula is C13H19NO5S. The Kier molecular flexibility index (Phi) is 5.13. The summed E-state index contributed by atoms with van der Waals surface area (Å²) in [5.74, 6) is -0.994. The summed E-state index contributed by atoms with van der Waals surface area (Å²) < 4.78 is 31.4. The third-order valence-electron chi connectivity index (χ3n) is 3.02. The quantitative estimate of drug-likeness (QED) is 0.804. The molecule has 0 spiro atoms. The fourth-order valence-corrected chi connectivity index (χ4v) is 2.82. The number of esters is 1. The maximum absolute atomic E-state index is 12.2. The number of sulfonamides is 1. The summed E-state index contributed by atoms with van der Waals surface area (Å²) in [5.41, 5.74) is -0.187. The Morgan fingerprint density at radius 1 is 1.30 bits per heavy atom. The largest absolute Gasteiger partial charge is 0.507 e. The average molecular weight is 301 g/mol. The van der Waals surface area contributed by atoms with Gasteiger partial charge in [0.25, 0.3) is 0 Å². The molecular weight excluding hydrogens is 282 g/mol. The Balaban J connectivity index is 3.17. The highest BCUT2D eigenvalue weighted by Crippen LogP contribution is 2.22. The van der Waals surface area contributed by atoms with Crippen LogP contribution in [0.5, 0.6) is 5.75 Å². The van der Waals surface area contributed by atoms with E-state index in [1.165, 1.54) is 6.07 Å². The molecule has 0 bridgehead atoms. The van der Waals surface area contributed by atoms with E-state index in [9.17, 15) is 18.3 Å². The van der Waals surface area contributed by atoms with Gasteiger partial charge in [-0.25, -0.2) is 17.9 Å². The fourth-order valence-electron chi connectivity index (χ4n) is 1.40. The van der Waals surface area contributed by atoms with Gasteiger partial charge >= 0.3 is 5.97 Å². The molecule has 1 rings (SSSR count). The number of aromatic hydroxyl groups is 1. The number of hydrogen-bond acceptors (Lipinski definition) is 5. The van der Waals surface area contributed by atoms with E-state index in [1.807, 2.05) is 13.8 Å². The van der Waals surface area contributed by atoms with Crippen LogP contribution in [0, 0.1) is 5.92 Å². The summed E-state index contributed by atoms with van der Waals surface area (Å²) in [6, 6.07) is 3.23. The van der Waals surface area contributed by atoms with Crippen molar-refractivity contribution in [3.05, 3.63) is 23.8 Å². The van der Waals surface area contributed by atoms with Crippen LogP contribution >= 0.6 is 0 Å². The molecule has 0 saturated heterocycles. The van der Waals surface area contributed by atoms with E-state index in [2.05, 4.69) is 9.46 Å². The molecule has 1 aromatic rings. The number of benzene rings is 1. The first-order valence-electron chi connectivity index (χ1n) is 6.12. The fraction of sp³-hybridized carbons (Fsp3) is 0.462. The minimum Gasteiger partial charge on any atom is -0.507 e. The van der Waals surface area contributed by atoms with Crippen molar-refractivity contribution in [3.63, 3.8) is 0 Å². The van der Waals surface area contributed by atoms with Gasteiger partial charge in [0.15, 0.2) is 0 Å². The number of hydrogen-bond donors (Lipinski definition) is 2. The lowest BCUT2D eigenvalue weighted by molar-refractivity contribution is 0.0597. The Morgan fingerprint density at radius 2 is 1.90 bits per heavy atom. The van der Waals surface area contributed by atoms with E-state index in [1.54, 1.807) is 6.92 Å². The summed E-state index contributed by atoms with van der Waals surface area (Å²) in [4.78, 5) is 11.4. The molecule has 7 heteroatoms. The minimum atomic E-state index is -3.75. The molecule has 0 aliphatic rings. The van der Waals surface area contributed by atoms with Gasteiger partial charge in [-0.1, -0.05) is 13.8 Å². The van der Waals surface area contributed by atoms with E-state index in [4.69, 9.17) is 0 Å². The Labute approximate surface area is 118 Å². The molecule has 112 valence electrons. The van der Waals surface area contributed by atoms with Crippen LogP contribution in [0.15, 0.2) is 23.1 Å². The zero-order valence-electron chi connectivity index (χ0n) is 11.9. The maximum Gasteiger partial charge on any atom is 0.341 e. The lowest BCUT2D eigenvalue weighted by Gasteiger charge is -2.17. The second-order valence-electron chi connectivity index (χ2n) is 4.82. The van der Waals surface area contributed by atoms with Crippen LogP contribution in [0.25, 0.3) is 0 Å². The Bertz CT molecular complexity index is 595. The summed E-state index contributed by atoms with van der Waals surface area (Å²) in [6.07, 6.45) is 0. The average Bonchev–Trinajstić information content (AvgIpc) is 2.37. The SMILES string of the molecule is COC(=O)c1cc(S(=O)(=O)NC(C)C(C)C)ccc1O.